The van der Waals surface area contributed by atoms with Crippen LogP contribution in [0.3, 0.4) is 0 Å². The van der Waals surface area contributed by atoms with Crippen molar-refractivity contribution in [3.8, 4) is 5.69 Å². The van der Waals surface area contributed by atoms with Gasteiger partial charge in [-0.25, -0.2) is 9.48 Å². The van der Waals surface area contributed by atoms with Gasteiger partial charge in [-0.3, -0.25) is 4.79 Å². The number of carbonyl (C=O) groups excluding carboxylic acids is 2. The van der Waals surface area contributed by atoms with Crippen molar-refractivity contribution in [3.63, 3.8) is 0 Å². The molecule has 138 valence electrons. The molecular weight excluding hydrogens is 342 g/mol. The van der Waals surface area contributed by atoms with E-state index in [0.29, 0.717) is 17.8 Å². The molecule has 6 heteroatoms. The van der Waals surface area contributed by atoms with Gasteiger partial charge in [0.05, 0.1) is 17.6 Å². The van der Waals surface area contributed by atoms with E-state index in [1.165, 1.54) is 11.1 Å². The Kier molecular flexibility index (Phi) is 5.66. The Balaban J connectivity index is 1.59. The van der Waals surface area contributed by atoms with Crippen molar-refractivity contribution >= 4 is 11.9 Å². The van der Waals surface area contributed by atoms with E-state index in [-0.39, 0.29) is 12.5 Å². The first-order chi connectivity index (χ1) is 13.1. The maximum Gasteiger partial charge on any atom is 0.342 e. The number of carbonyl (C=O) groups is 2. The summed E-state index contributed by atoms with van der Waals surface area (Å²) >= 11 is 0. The van der Waals surface area contributed by atoms with Gasteiger partial charge in [0.1, 0.15) is 5.56 Å². The zero-order valence-electron chi connectivity index (χ0n) is 15.3. The van der Waals surface area contributed by atoms with Crippen molar-refractivity contribution in [3.05, 3.63) is 83.7 Å². The molecule has 3 aromatic rings. The lowest BCUT2D eigenvalue weighted by Crippen LogP contribution is -2.30. The Bertz CT molecular complexity index is 920. The standard InChI is InChI=1S/C21H21N3O3/c1-16-19(13-22-24(16)18-11-7-4-8-12-18)21(26)27-15-20(25)23(2)14-17-9-5-3-6-10-17/h3-13H,14-15H2,1-2H3. The largest absolute Gasteiger partial charge is 0.452 e. The third kappa shape index (κ3) is 4.41. The summed E-state index contributed by atoms with van der Waals surface area (Å²) in [5, 5.41) is 4.25. The first kappa shape index (κ1) is 18.4. The van der Waals surface area contributed by atoms with Crippen LogP contribution in [0.2, 0.25) is 0 Å². The first-order valence-electron chi connectivity index (χ1n) is 8.61. The Morgan fingerprint density at radius 3 is 2.33 bits per heavy atom. The van der Waals surface area contributed by atoms with E-state index in [2.05, 4.69) is 5.10 Å². The lowest BCUT2D eigenvalue weighted by molar-refractivity contribution is -0.133. The van der Waals surface area contributed by atoms with Crippen LogP contribution in [-0.4, -0.2) is 40.2 Å². The number of nitrogens with zero attached hydrogens (tertiary/aromatic N) is 3. The molecule has 1 aromatic heterocycles. The topological polar surface area (TPSA) is 64.4 Å². The molecule has 0 N–H and O–H groups in total. The minimum absolute atomic E-state index is 0.264. The average Bonchev–Trinajstić information content (AvgIpc) is 3.08. The average molecular weight is 363 g/mol. The molecule has 6 nitrogen and oxygen atoms in total. The van der Waals surface area contributed by atoms with Crippen molar-refractivity contribution < 1.29 is 14.3 Å². The second kappa shape index (κ2) is 8.31. The molecule has 1 amide bonds. The summed E-state index contributed by atoms with van der Waals surface area (Å²) in [6.07, 6.45) is 1.46. The first-order valence-corrected chi connectivity index (χ1v) is 8.61. The Morgan fingerprint density at radius 1 is 1.04 bits per heavy atom. The summed E-state index contributed by atoms with van der Waals surface area (Å²) in [5.41, 5.74) is 2.88. The minimum atomic E-state index is -0.559. The summed E-state index contributed by atoms with van der Waals surface area (Å²) in [7, 11) is 1.68. The SMILES string of the molecule is Cc1c(C(=O)OCC(=O)N(C)Cc2ccccc2)cnn1-c1ccccc1. The highest BCUT2D eigenvalue weighted by atomic mass is 16.5. The van der Waals surface area contributed by atoms with Crippen LogP contribution in [-0.2, 0) is 16.1 Å². The normalized spacial score (nSPS) is 10.4. The molecule has 0 saturated heterocycles. The van der Waals surface area contributed by atoms with E-state index in [0.717, 1.165) is 11.3 Å². The van der Waals surface area contributed by atoms with E-state index < -0.39 is 5.97 Å². The number of para-hydroxylation sites is 1. The molecule has 0 spiro atoms. The number of aromatic nitrogens is 2. The zero-order valence-corrected chi connectivity index (χ0v) is 15.3. The Labute approximate surface area is 158 Å². The molecule has 2 aromatic carbocycles. The maximum absolute atomic E-state index is 12.3. The van der Waals surface area contributed by atoms with Crippen LogP contribution in [0.5, 0.6) is 0 Å². The molecule has 0 bridgehead atoms. The van der Waals surface area contributed by atoms with Gasteiger partial charge in [0, 0.05) is 13.6 Å². The van der Waals surface area contributed by atoms with Gasteiger partial charge in [-0.15, -0.1) is 0 Å². The van der Waals surface area contributed by atoms with Crippen LogP contribution >= 0.6 is 0 Å². The third-order valence-electron chi connectivity index (χ3n) is 4.25. The highest BCUT2D eigenvalue weighted by Crippen LogP contribution is 2.15. The smallest absolute Gasteiger partial charge is 0.342 e. The highest BCUT2D eigenvalue weighted by molar-refractivity contribution is 5.92. The van der Waals surface area contributed by atoms with E-state index >= 15 is 0 Å². The van der Waals surface area contributed by atoms with Gasteiger partial charge in [-0.1, -0.05) is 48.5 Å². The summed E-state index contributed by atoms with van der Waals surface area (Å²) < 4.78 is 6.86. The quantitative estimate of drug-likeness (QED) is 0.632. The molecular formula is C21H21N3O3. The van der Waals surface area contributed by atoms with Crippen molar-refractivity contribution in [2.75, 3.05) is 13.7 Å². The molecule has 3 rings (SSSR count). The molecule has 0 aliphatic heterocycles. The number of hydrogen-bond acceptors (Lipinski definition) is 4. The van der Waals surface area contributed by atoms with Gasteiger partial charge in [-0.2, -0.15) is 5.10 Å². The Morgan fingerprint density at radius 2 is 1.67 bits per heavy atom. The fourth-order valence-electron chi connectivity index (χ4n) is 2.70. The Hall–Kier alpha value is -3.41. The summed E-state index contributed by atoms with van der Waals surface area (Å²) in [5.74, 6) is -0.823. The van der Waals surface area contributed by atoms with Gasteiger partial charge in [0.2, 0.25) is 0 Å². The number of likely N-dealkylation sites (N-methyl/N-ethyl adjacent to an activating group) is 1. The maximum atomic E-state index is 12.3. The lowest BCUT2D eigenvalue weighted by atomic mass is 10.2. The van der Waals surface area contributed by atoms with Crippen molar-refractivity contribution in [2.45, 2.75) is 13.5 Å². The van der Waals surface area contributed by atoms with Crippen LogP contribution in [0.25, 0.3) is 5.69 Å². The molecule has 0 unspecified atom stereocenters. The van der Waals surface area contributed by atoms with Crippen LogP contribution < -0.4 is 0 Å². The van der Waals surface area contributed by atoms with E-state index in [9.17, 15) is 9.59 Å². The van der Waals surface area contributed by atoms with Crippen LogP contribution in [0.15, 0.2) is 66.9 Å². The molecule has 0 fully saturated rings. The fourth-order valence-corrected chi connectivity index (χ4v) is 2.70. The number of amides is 1. The predicted octanol–water partition coefficient (Wildman–Crippen LogP) is 3.00. The second-order valence-electron chi connectivity index (χ2n) is 6.20. The van der Waals surface area contributed by atoms with Gasteiger partial charge in [-0.05, 0) is 24.6 Å². The van der Waals surface area contributed by atoms with Gasteiger partial charge >= 0.3 is 5.97 Å². The molecule has 0 aliphatic rings. The summed E-state index contributed by atoms with van der Waals surface area (Å²) in [4.78, 5) is 26.1. The number of hydrogen-bond donors (Lipinski definition) is 0. The van der Waals surface area contributed by atoms with Gasteiger partial charge in [0.25, 0.3) is 5.91 Å². The zero-order chi connectivity index (χ0) is 19.2. The van der Waals surface area contributed by atoms with Crippen molar-refractivity contribution in [1.82, 2.24) is 14.7 Å². The lowest BCUT2D eigenvalue weighted by Gasteiger charge is -2.17. The van der Waals surface area contributed by atoms with Crippen molar-refractivity contribution in [1.29, 1.82) is 0 Å². The van der Waals surface area contributed by atoms with Crippen LogP contribution in [0.4, 0.5) is 0 Å². The molecule has 0 atom stereocenters. The van der Waals surface area contributed by atoms with Gasteiger partial charge < -0.3 is 9.64 Å². The molecule has 1 heterocycles. The number of rotatable bonds is 6. The van der Waals surface area contributed by atoms with Gasteiger partial charge in [0.15, 0.2) is 6.61 Å². The predicted molar refractivity (Wildman–Crippen MR) is 101 cm³/mol. The summed E-state index contributed by atoms with van der Waals surface area (Å²) in [6, 6.07) is 19.1. The number of esters is 1. The van der Waals surface area contributed by atoms with Crippen LogP contribution in [0, 0.1) is 6.92 Å². The minimum Gasteiger partial charge on any atom is -0.452 e. The second-order valence-corrected chi connectivity index (χ2v) is 6.20. The highest BCUT2D eigenvalue weighted by Gasteiger charge is 2.18. The van der Waals surface area contributed by atoms with Crippen LogP contribution in [0.1, 0.15) is 21.6 Å². The van der Waals surface area contributed by atoms with E-state index in [1.807, 2.05) is 60.7 Å². The molecule has 0 radical (unpaired) electrons. The number of benzene rings is 2. The molecule has 27 heavy (non-hydrogen) atoms. The van der Waals surface area contributed by atoms with E-state index in [4.69, 9.17) is 4.74 Å². The fraction of sp³-hybridized carbons (Fsp3) is 0.190. The number of ether oxygens (including phenoxy) is 1. The monoisotopic (exact) mass is 363 g/mol. The summed E-state index contributed by atoms with van der Waals surface area (Å²) in [6.45, 7) is 1.94. The van der Waals surface area contributed by atoms with E-state index in [1.54, 1.807) is 18.7 Å². The molecule has 0 saturated carbocycles. The van der Waals surface area contributed by atoms with Crippen molar-refractivity contribution in [2.24, 2.45) is 0 Å². The molecule has 0 aliphatic carbocycles. The third-order valence-corrected chi connectivity index (χ3v) is 4.25.